The molecule has 1 unspecified atom stereocenters. The van der Waals surface area contributed by atoms with Gasteiger partial charge in [-0.1, -0.05) is 23.2 Å². The van der Waals surface area contributed by atoms with E-state index in [0.717, 1.165) is 12.8 Å². The van der Waals surface area contributed by atoms with Crippen molar-refractivity contribution < 1.29 is 22.8 Å². The largest absolute Gasteiger partial charge is 0.376 e. The van der Waals surface area contributed by atoms with E-state index in [-0.39, 0.29) is 46.5 Å². The SMILES string of the molecule is N#CCCN(CC1CCCO1)C(=O)C1=CC2(CCN(S(=O)(=O)c3cc(Cl)ccc3Cl)CC2)ON1. The lowest BCUT2D eigenvalue weighted by molar-refractivity contribution is -0.131. The average Bonchev–Trinajstić information content (AvgIpc) is 3.48. The number of ether oxygens (including phenoxy) is 1. The highest BCUT2D eigenvalue weighted by Crippen LogP contribution is 2.36. The zero-order valence-electron chi connectivity index (χ0n) is 18.5. The average molecular weight is 529 g/mol. The van der Waals surface area contributed by atoms with Gasteiger partial charge in [0.2, 0.25) is 10.0 Å². The van der Waals surface area contributed by atoms with Gasteiger partial charge in [-0.3, -0.25) is 15.1 Å². The Kier molecular flexibility index (Phi) is 7.72. The quantitative estimate of drug-likeness (QED) is 0.578. The van der Waals surface area contributed by atoms with Gasteiger partial charge >= 0.3 is 0 Å². The summed E-state index contributed by atoms with van der Waals surface area (Å²) in [5.41, 5.74) is 2.24. The van der Waals surface area contributed by atoms with Crippen LogP contribution in [0.15, 0.2) is 34.9 Å². The van der Waals surface area contributed by atoms with Crippen LogP contribution in [-0.4, -0.2) is 68.0 Å². The third kappa shape index (κ3) is 5.35. The van der Waals surface area contributed by atoms with E-state index in [1.807, 2.05) is 0 Å². The van der Waals surface area contributed by atoms with Crippen molar-refractivity contribution in [3.05, 3.63) is 40.0 Å². The summed E-state index contributed by atoms with van der Waals surface area (Å²) in [4.78, 5) is 20.5. The highest BCUT2D eigenvalue weighted by Gasteiger charge is 2.43. The Morgan fingerprint density at radius 1 is 1.32 bits per heavy atom. The van der Waals surface area contributed by atoms with Gasteiger partial charge < -0.3 is 9.64 Å². The van der Waals surface area contributed by atoms with E-state index in [9.17, 15) is 13.2 Å². The van der Waals surface area contributed by atoms with Crippen LogP contribution in [0.2, 0.25) is 10.0 Å². The van der Waals surface area contributed by atoms with Crippen LogP contribution in [0.25, 0.3) is 0 Å². The lowest BCUT2D eigenvalue weighted by Crippen LogP contribution is -2.46. The molecule has 1 amide bonds. The Balaban J connectivity index is 1.44. The van der Waals surface area contributed by atoms with Crippen LogP contribution in [0.1, 0.15) is 32.1 Å². The molecule has 0 radical (unpaired) electrons. The minimum absolute atomic E-state index is 0.0308. The van der Waals surface area contributed by atoms with E-state index in [0.29, 0.717) is 38.2 Å². The number of nitrogens with one attached hydrogen (secondary N) is 1. The molecule has 1 N–H and O–H groups in total. The number of nitriles is 1. The normalized spacial score (nSPS) is 22.3. The Morgan fingerprint density at radius 3 is 2.76 bits per heavy atom. The molecular formula is C22H26Cl2N4O5S. The molecule has 12 heteroatoms. The van der Waals surface area contributed by atoms with E-state index in [1.165, 1.54) is 22.5 Å². The summed E-state index contributed by atoms with van der Waals surface area (Å²) in [6.45, 7) is 1.78. The summed E-state index contributed by atoms with van der Waals surface area (Å²) in [7, 11) is -3.83. The second-order valence-electron chi connectivity index (χ2n) is 8.60. The molecule has 0 aliphatic carbocycles. The maximum Gasteiger partial charge on any atom is 0.272 e. The number of hydroxylamine groups is 1. The molecule has 2 saturated heterocycles. The van der Waals surface area contributed by atoms with E-state index >= 15 is 0 Å². The summed E-state index contributed by atoms with van der Waals surface area (Å²) in [5, 5.41) is 9.38. The molecule has 1 spiro atoms. The van der Waals surface area contributed by atoms with Crippen LogP contribution in [0.5, 0.6) is 0 Å². The van der Waals surface area contributed by atoms with E-state index in [2.05, 4.69) is 11.5 Å². The number of hydrogen-bond donors (Lipinski definition) is 1. The number of carbonyl (C=O) groups excluding carboxylic acids is 1. The number of halogens is 2. The van der Waals surface area contributed by atoms with Gasteiger partial charge in [0.1, 0.15) is 16.2 Å². The number of nitrogens with zero attached hydrogens (tertiary/aromatic N) is 3. The predicted octanol–water partition coefficient (Wildman–Crippen LogP) is 2.86. The van der Waals surface area contributed by atoms with Gasteiger partial charge in [0, 0.05) is 37.8 Å². The molecule has 3 aliphatic rings. The molecule has 2 fully saturated rings. The number of piperidine rings is 1. The van der Waals surface area contributed by atoms with E-state index < -0.39 is 15.6 Å². The molecule has 3 heterocycles. The van der Waals surface area contributed by atoms with Crippen LogP contribution in [0.3, 0.4) is 0 Å². The summed E-state index contributed by atoms with van der Waals surface area (Å²) in [6, 6.07) is 6.42. The van der Waals surface area contributed by atoms with Crippen LogP contribution < -0.4 is 5.48 Å². The molecule has 3 aliphatic heterocycles. The Morgan fingerprint density at radius 2 is 2.09 bits per heavy atom. The van der Waals surface area contributed by atoms with Gasteiger partial charge in [0.15, 0.2) is 0 Å². The lowest BCUT2D eigenvalue weighted by atomic mass is 9.92. The number of carbonyl (C=O) groups is 1. The van der Waals surface area contributed by atoms with Crippen molar-refractivity contribution in [3.63, 3.8) is 0 Å². The first kappa shape index (κ1) is 25.2. The van der Waals surface area contributed by atoms with Crippen molar-refractivity contribution in [1.82, 2.24) is 14.7 Å². The molecule has 1 aromatic carbocycles. The van der Waals surface area contributed by atoms with Gasteiger partial charge in [0.25, 0.3) is 5.91 Å². The predicted molar refractivity (Wildman–Crippen MR) is 125 cm³/mol. The number of sulfonamides is 1. The molecular weight excluding hydrogens is 503 g/mol. The van der Waals surface area contributed by atoms with Gasteiger partial charge in [-0.25, -0.2) is 8.42 Å². The van der Waals surface area contributed by atoms with Crippen LogP contribution in [-0.2, 0) is 24.4 Å². The van der Waals surface area contributed by atoms with E-state index in [1.54, 1.807) is 11.0 Å². The highest BCUT2D eigenvalue weighted by molar-refractivity contribution is 7.89. The number of amides is 1. The molecule has 1 atom stereocenters. The van der Waals surface area contributed by atoms with Gasteiger partial charge in [-0.05, 0) is 50.0 Å². The minimum atomic E-state index is -3.83. The van der Waals surface area contributed by atoms with Crippen molar-refractivity contribution in [2.75, 3.05) is 32.8 Å². The van der Waals surface area contributed by atoms with Crippen molar-refractivity contribution in [1.29, 1.82) is 5.26 Å². The third-order valence-corrected chi connectivity index (χ3v) is 8.93. The molecule has 4 rings (SSSR count). The Labute approximate surface area is 209 Å². The molecule has 34 heavy (non-hydrogen) atoms. The smallest absolute Gasteiger partial charge is 0.272 e. The first-order valence-electron chi connectivity index (χ1n) is 11.1. The zero-order chi connectivity index (χ0) is 24.3. The zero-order valence-corrected chi connectivity index (χ0v) is 20.8. The molecule has 0 aromatic heterocycles. The topological polar surface area (TPSA) is 112 Å². The molecule has 184 valence electrons. The third-order valence-electron chi connectivity index (χ3n) is 6.31. The first-order chi connectivity index (χ1) is 16.2. The van der Waals surface area contributed by atoms with Crippen molar-refractivity contribution in [3.8, 4) is 6.07 Å². The standard InChI is InChI=1S/C22H26Cl2N4O5S/c23-16-4-5-18(24)20(13-16)34(30,31)28-10-6-22(7-11-28)14-19(26-33-22)21(29)27(9-2-8-25)15-17-3-1-12-32-17/h4-5,13-14,17,26H,1-3,6-7,9-12,15H2. The maximum absolute atomic E-state index is 13.2. The Hall–Kier alpha value is -1.87. The molecule has 0 saturated carbocycles. The van der Waals surface area contributed by atoms with Crippen LogP contribution in [0, 0.1) is 11.3 Å². The number of benzene rings is 1. The number of rotatable bonds is 7. The first-order valence-corrected chi connectivity index (χ1v) is 13.3. The fourth-order valence-corrected chi connectivity index (χ4v) is 6.59. The molecule has 1 aromatic rings. The van der Waals surface area contributed by atoms with Crippen LogP contribution >= 0.6 is 23.2 Å². The highest BCUT2D eigenvalue weighted by atomic mass is 35.5. The van der Waals surface area contributed by atoms with Gasteiger partial charge in [-0.15, -0.1) is 0 Å². The minimum Gasteiger partial charge on any atom is -0.376 e. The lowest BCUT2D eigenvalue weighted by Gasteiger charge is -2.36. The summed E-state index contributed by atoms with van der Waals surface area (Å²) < 4.78 is 33.2. The van der Waals surface area contributed by atoms with Crippen molar-refractivity contribution in [2.45, 2.75) is 48.7 Å². The second kappa shape index (κ2) is 10.4. The fraction of sp³-hybridized carbons (Fsp3) is 0.545. The van der Waals surface area contributed by atoms with Crippen LogP contribution in [0.4, 0.5) is 0 Å². The number of hydrogen-bond acceptors (Lipinski definition) is 7. The van der Waals surface area contributed by atoms with Gasteiger partial charge in [-0.2, -0.15) is 9.57 Å². The fourth-order valence-electron chi connectivity index (χ4n) is 4.41. The molecule has 9 nitrogen and oxygen atoms in total. The second-order valence-corrected chi connectivity index (χ2v) is 11.4. The van der Waals surface area contributed by atoms with Crippen molar-refractivity contribution >= 4 is 39.1 Å². The van der Waals surface area contributed by atoms with Gasteiger partial charge in [0.05, 0.1) is 23.6 Å². The monoisotopic (exact) mass is 528 g/mol. The van der Waals surface area contributed by atoms with E-state index in [4.69, 9.17) is 38.0 Å². The Bertz CT molecular complexity index is 1110. The maximum atomic E-state index is 13.2. The summed E-state index contributed by atoms with van der Waals surface area (Å²) >= 11 is 12.1. The summed E-state index contributed by atoms with van der Waals surface area (Å²) in [6.07, 6.45) is 4.47. The van der Waals surface area contributed by atoms with Crippen molar-refractivity contribution in [2.24, 2.45) is 0 Å². The summed E-state index contributed by atoms with van der Waals surface area (Å²) in [5.74, 6) is -0.261. The molecule has 0 bridgehead atoms.